The first-order chi connectivity index (χ1) is 7.35. The zero-order valence-electron chi connectivity index (χ0n) is 8.45. The molecular weight excluding hydrogens is 186 g/mol. The Balaban J connectivity index is 2.45. The second kappa shape index (κ2) is 4.08. The molecule has 0 atom stereocenters. The molecular formula is C12H12N3+. The molecule has 0 aliphatic heterocycles. The Kier molecular flexibility index (Phi) is 2.62. The summed E-state index contributed by atoms with van der Waals surface area (Å²) in [4.78, 5) is 0. The molecule has 0 bridgehead atoms. The number of allylic oxidation sites excluding steroid dienone is 1. The Bertz CT molecular complexity index is 476. The van der Waals surface area contributed by atoms with Crippen molar-refractivity contribution in [2.75, 3.05) is 0 Å². The number of pyridine rings is 1. The Morgan fingerprint density at radius 1 is 1.33 bits per heavy atom. The average molecular weight is 198 g/mol. The fraction of sp³-hybridized carbons (Fsp3) is 0.333. The van der Waals surface area contributed by atoms with Crippen molar-refractivity contribution in [1.29, 1.82) is 10.7 Å². The number of rotatable bonds is 1. The largest absolute Gasteiger partial charge is 0.351 e. The van der Waals surface area contributed by atoms with E-state index in [9.17, 15) is 0 Å². The van der Waals surface area contributed by atoms with Crippen LogP contribution >= 0.6 is 0 Å². The van der Waals surface area contributed by atoms with Gasteiger partial charge in [-0.05, 0) is 31.2 Å². The smallest absolute Gasteiger partial charge is 0.252 e. The van der Waals surface area contributed by atoms with Crippen molar-refractivity contribution in [3.63, 3.8) is 0 Å². The number of hydrogen-bond donors (Lipinski definition) is 1. The van der Waals surface area contributed by atoms with Crippen LogP contribution in [-0.4, -0.2) is 5.87 Å². The third-order valence-electron chi connectivity index (χ3n) is 2.77. The van der Waals surface area contributed by atoms with Crippen molar-refractivity contribution in [2.45, 2.75) is 25.7 Å². The fourth-order valence-corrected chi connectivity index (χ4v) is 1.96. The molecule has 0 saturated carbocycles. The lowest BCUT2D eigenvalue weighted by atomic mass is 9.93. The van der Waals surface area contributed by atoms with Gasteiger partial charge in [-0.25, -0.2) is 0 Å². The number of aromatic nitrogens is 1. The van der Waals surface area contributed by atoms with Gasteiger partial charge in [0, 0.05) is 11.6 Å². The molecule has 0 amide bonds. The summed E-state index contributed by atoms with van der Waals surface area (Å²) in [7, 11) is 0. The highest BCUT2D eigenvalue weighted by Gasteiger charge is 2.16. The van der Waals surface area contributed by atoms with Crippen LogP contribution < -0.4 is 4.57 Å². The highest BCUT2D eigenvalue weighted by Crippen LogP contribution is 2.18. The zero-order valence-corrected chi connectivity index (χ0v) is 8.45. The maximum atomic E-state index is 8.79. The molecule has 1 N–H and O–H groups in total. The van der Waals surface area contributed by atoms with Gasteiger partial charge in [-0.1, -0.05) is 0 Å². The number of nitrogens with one attached hydrogen (secondary N) is 1. The van der Waals surface area contributed by atoms with E-state index in [1.165, 1.54) is 24.0 Å². The van der Waals surface area contributed by atoms with E-state index in [2.05, 4.69) is 5.87 Å². The molecule has 0 aromatic carbocycles. The molecule has 3 nitrogen and oxygen atoms in total. The van der Waals surface area contributed by atoms with Gasteiger partial charge in [0.1, 0.15) is 0 Å². The number of hydrogen-bond acceptors (Lipinski definition) is 2. The molecule has 0 saturated heterocycles. The van der Waals surface area contributed by atoms with E-state index in [1.54, 1.807) is 4.57 Å². The van der Waals surface area contributed by atoms with Crippen molar-refractivity contribution in [3.05, 3.63) is 29.6 Å². The normalized spacial score (nSPS) is 13.5. The van der Waals surface area contributed by atoms with Crippen molar-refractivity contribution >= 4 is 11.6 Å². The number of nitrogens with zero attached hydrogens (tertiary/aromatic N) is 2. The quantitative estimate of drug-likeness (QED) is 0.414. The monoisotopic (exact) mass is 198 g/mol. The third kappa shape index (κ3) is 1.81. The number of aryl methyl sites for hydroxylation is 2. The van der Waals surface area contributed by atoms with Crippen LogP contribution in [0.1, 0.15) is 24.0 Å². The van der Waals surface area contributed by atoms with Crippen LogP contribution in [0, 0.1) is 16.7 Å². The van der Waals surface area contributed by atoms with E-state index < -0.39 is 0 Å². The van der Waals surface area contributed by atoms with Gasteiger partial charge >= 0.3 is 5.70 Å². The summed E-state index contributed by atoms with van der Waals surface area (Å²) >= 11 is 0. The molecule has 2 rings (SSSR count). The summed E-state index contributed by atoms with van der Waals surface area (Å²) in [5, 5.41) is 15.8. The predicted molar refractivity (Wildman–Crippen MR) is 56.3 cm³/mol. The molecule has 0 spiro atoms. The summed E-state index contributed by atoms with van der Waals surface area (Å²) in [5.41, 5.74) is 2.91. The predicted octanol–water partition coefficient (Wildman–Crippen LogP) is 1.47. The first-order valence-electron chi connectivity index (χ1n) is 5.08. The molecule has 1 heterocycles. The second-order valence-corrected chi connectivity index (χ2v) is 3.70. The molecule has 1 aliphatic carbocycles. The summed E-state index contributed by atoms with van der Waals surface area (Å²) < 4.78 is 1.68. The van der Waals surface area contributed by atoms with Gasteiger partial charge in [0.05, 0.1) is 5.87 Å². The zero-order chi connectivity index (χ0) is 10.7. The first-order valence-corrected chi connectivity index (χ1v) is 5.08. The number of nitriles is 1. The van der Waals surface area contributed by atoms with E-state index in [0.29, 0.717) is 0 Å². The van der Waals surface area contributed by atoms with Gasteiger partial charge in [-0.3, -0.25) is 5.41 Å². The SMILES string of the molecule is N#CC(=C=N)[n+]1ccc2c(c1)CCCC2. The minimum Gasteiger partial charge on any atom is -0.252 e. The fourth-order valence-electron chi connectivity index (χ4n) is 1.96. The van der Waals surface area contributed by atoms with E-state index in [4.69, 9.17) is 10.7 Å². The van der Waals surface area contributed by atoms with Gasteiger partial charge in [0.15, 0.2) is 18.5 Å². The van der Waals surface area contributed by atoms with Gasteiger partial charge in [0.25, 0.3) is 0 Å². The second-order valence-electron chi connectivity index (χ2n) is 3.70. The first kappa shape index (κ1) is 9.64. The Morgan fingerprint density at radius 2 is 2.07 bits per heavy atom. The Labute approximate surface area is 88.8 Å². The molecule has 1 aromatic rings. The summed E-state index contributed by atoms with van der Waals surface area (Å²) in [5.74, 6) is 2.14. The highest BCUT2D eigenvalue weighted by molar-refractivity contribution is 5.80. The topological polar surface area (TPSA) is 51.5 Å². The van der Waals surface area contributed by atoms with Gasteiger partial charge in [-0.15, -0.1) is 4.57 Å². The molecule has 0 fully saturated rings. The summed E-state index contributed by atoms with van der Waals surface area (Å²) in [6, 6.07) is 4.00. The lowest BCUT2D eigenvalue weighted by Gasteiger charge is -2.12. The molecule has 1 aliphatic rings. The van der Waals surface area contributed by atoms with Crippen LogP contribution in [0.5, 0.6) is 0 Å². The van der Waals surface area contributed by atoms with E-state index >= 15 is 0 Å². The minimum atomic E-state index is 0.239. The maximum Gasteiger partial charge on any atom is 0.351 e. The van der Waals surface area contributed by atoms with Crippen LogP contribution in [-0.2, 0) is 12.8 Å². The summed E-state index contributed by atoms with van der Waals surface area (Å²) in [6.07, 6.45) is 8.47. The summed E-state index contributed by atoms with van der Waals surface area (Å²) in [6.45, 7) is 0. The molecule has 74 valence electrons. The standard InChI is InChI=1S/C12H12N3/c13-7-12(8-14)15-6-5-10-3-1-2-4-11(10)9-15/h5-6,9,13H,1-4H2/q+1. The molecule has 3 heteroatoms. The number of fused-ring (bicyclic) bond motifs is 1. The molecule has 0 radical (unpaired) electrons. The Morgan fingerprint density at radius 3 is 2.73 bits per heavy atom. The van der Waals surface area contributed by atoms with Crippen molar-refractivity contribution in [1.82, 2.24) is 0 Å². The van der Waals surface area contributed by atoms with E-state index in [-0.39, 0.29) is 5.70 Å². The van der Waals surface area contributed by atoms with Crippen LogP contribution in [0.3, 0.4) is 0 Å². The van der Waals surface area contributed by atoms with Crippen LogP contribution in [0.25, 0.3) is 5.70 Å². The minimum absolute atomic E-state index is 0.239. The van der Waals surface area contributed by atoms with Crippen LogP contribution in [0.15, 0.2) is 18.5 Å². The lowest BCUT2D eigenvalue weighted by molar-refractivity contribution is -0.576. The van der Waals surface area contributed by atoms with Crippen molar-refractivity contribution in [2.24, 2.45) is 0 Å². The molecule has 1 aromatic heterocycles. The average Bonchev–Trinajstić information content (AvgIpc) is 2.30. The Hall–Kier alpha value is -1.91. The van der Waals surface area contributed by atoms with E-state index in [1.807, 2.05) is 24.5 Å². The van der Waals surface area contributed by atoms with Gasteiger partial charge < -0.3 is 0 Å². The van der Waals surface area contributed by atoms with Crippen molar-refractivity contribution in [3.8, 4) is 6.07 Å². The lowest BCUT2D eigenvalue weighted by Crippen LogP contribution is -2.32. The van der Waals surface area contributed by atoms with Crippen molar-refractivity contribution < 1.29 is 4.57 Å². The van der Waals surface area contributed by atoms with E-state index in [0.717, 1.165) is 12.8 Å². The molecule has 15 heavy (non-hydrogen) atoms. The van der Waals surface area contributed by atoms with Crippen LogP contribution in [0.2, 0.25) is 0 Å². The maximum absolute atomic E-state index is 8.79. The van der Waals surface area contributed by atoms with Gasteiger partial charge in [0.2, 0.25) is 0 Å². The highest BCUT2D eigenvalue weighted by atomic mass is 14.9. The molecule has 0 unspecified atom stereocenters. The van der Waals surface area contributed by atoms with Gasteiger partial charge in [-0.2, -0.15) is 5.26 Å². The van der Waals surface area contributed by atoms with Crippen LogP contribution in [0.4, 0.5) is 0 Å². The third-order valence-corrected chi connectivity index (χ3v) is 2.77.